The molecule has 0 aliphatic rings. The summed E-state index contributed by atoms with van der Waals surface area (Å²) in [6.45, 7) is 13.3. The minimum Gasteiger partial charge on any atom is -0.496 e. The number of carbonyl (C=O) groups is 1. The van der Waals surface area contributed by atoms with Gasteiger partial charge in [-0.25, -0.2) is 4.98 Å². The van der Waals surface area contributed by atoms with Crippen LogP contribution in [0.3, 0.4) is 0 Å². The van der Waals surface area contributed by atoms with Crippen molar-refractivity contribution in [3.63, 3.8) is 0 Å². The van der Waals surface area contributed by atoms with E-state index in [1.807, 2.05) is 102 Å². The molecule has 0 saturated heterocycles. The second-order valence-electron chi connectivity index (χ2n) is 13.8. The summed E-state index contributed by atoms with van der Waals surface area (Å²) in [6.07, 6.45) is 5.41. The number of thiophene rings is 1. The number of fused-ring (bicyclic) bond motifs is 1. The predicted octanol–water partition coefficient (Wildman–Crippen LogP) is 10.0. The van der Waals surface area contributed by atoms with Crippen LogP contribution in [0.2, 0.25) is 18.1 Å². The van der Waals surface area contributed by atoms with Crippen LogP contribution in [0, 0.1) is 0 Å². The molecule has 2 heterocycles. The van der Waals surface area contributed by atoms with Gasteiger partial charge in [-0.05, 0) is 77.8 Å². The van der Waals surface area contributed by atoms with Crippen LogP contribution in [0.4, 0.5) is 0 Å². The van der Waals surface area contributed by atoms with Gasteiger partial charge >= 0.3 is 0 Å². The summed E-state index contributed by atoms with van der Waals surface area (Å²) in [7, 11) is -0.208. The van der Waals surface area contributed by atoms with Crippen molar-refractivity contribution in [2.45, 2.75) is 52.1 Å². The molecule has 6 rings (SSSR count). The Hall–Kier alpha value is -4.70. The van der Waals surface area contributed by atoms with Gasteiger partial charge in [0.25, 0.3) is 0 Å². The molecule has 0 saturated carbocycles. The third-order valence-electron chi connectivity index (χ3n) is 9.34. The SMILES string of the molecule is COc1cc(C(=O)c2c(-c3ccc(OCCO[Si](C)(C)C(C)(C)C)cc3)sc3cc(OCc4ccccc4)ccc23)ccc1Cn1ccnc1. The highest BCUT2D eigenvalue weighted by Gasteiger charge is 2.37. The first kappa shape index (κ1) is 35.1. The minimum atomic E-state index is -1.84. The van der Waals surface area contributed by atoms with Gasteiger partial charge in [-0.15, -0.1) is 11.3 Å². The highest BCUT2D eigenvalue weighted by atomic mass is 32.1. The fourth-order valence-electron chi connectivity index (χ4n) is 5.45. The highest BCUT2D eigenvalue weighted by molar-refractivity contribution is 7.22. The Labute approximate surface area is 299 Å². The molecule has 258 valence electrons. The van der Waals surface area contributed by atoms with Crippen LogP contribution < -0.4 is 14.2 Å². The van der Waals surface area contributed by atoms with Crippen LogP contribution in [-0.2, 0) is 17.6 Å². The third kappa shape index (κ3) is 8.02. The lowest BCUT2D eigenvalue weighted by molar-refractivity contribution is 0.104. The fourth-order valence-corrected chi connectivity index (χ4v) is 7.71. The zero-order valence-corrected chi connectivity index (χ0v) is 31.4. The summed E-state index contributed by atoms with van der Waals surface area (Å²) in [4.78, 5) is 19.5. The normalized spacial score (nSPS) is 11.9. The van der Waals surface area contributed by atoms with Gasteiger partial charge in [-0.2, -0.15) is 0 Å². The van der Waals surface area contributed by atoms with Crippen LogP contribution >= 0.6 is 11.3 Å². The molecule has 50 heavy (non-hydrogen) atoms. The Balaban J connectivity index is 1.29. The topological polar surface area (TPSA) is 71.8 Å². The van der Waals surface area contributed by atoms with E-state index in [1.54, 1.807) is 31.0 Å². The molecule has 0 aliphatic heterocycles. The maximum atomic E-state index is 14.5. The standard InChI is InChI=1S/C41H44N2O5SSi/c1-41(2,3)50(5,6)48-23-22-46-33-16-14-30(15-17-33)40-38(35-19-18-34(25-37(35)49-40)47-27-29-10-8-7-9-11-29)39(44)31-12-13-32(36(24-31)45-4)26-43-21-20-42-28-43/h7-21,24-25,28H,22-23,26-27H2,1-6H3. The van der Waals surface area contributed by atoms with E-state index in [0.29, 0.717) is 43.2 Å². The van der Waals surface area contributed by atoms with Crippen molar-refractivity contribution in [3.8, 4) is 27.7 Å². The van der Waals surface area contributed by atoms with E-state index in [0.717, 1.165) is 43.2 Å². The number of ketones is 1. The lowest BCUT2D eigenvalue weighted by Gasteiger charge is -2.36. The van der Waals surface area contributed by atoms with Gasteiger partial charge in [0.15, 0.2) is 14.1 Å². The Morgan fingerprint density at radius 2 is 1.64 bits per heavy atom. The molecule has 2 aromatic heterocycles. The maximum Gasteiger partial charge on any atom is 0.195 e. The van der Waals surface area contributed by atoms with Crippen molar-refractivity contribution < 1.29 is 23.4 Å². The summed E-state index contributed by atoms with van der Waals surface area (Å²) in [5.41, 5.74) is 4.20. The van der Waals surface area contributed by atoms with E-state index >= 15 is 0 Å². The van der Waals surface area contributed by atoms with Gasteiger partial charge < -0.3 is 23.2 Å². The minimum absolute atomic E-state index is 0.0696. The molecule has 0 amide bonds. The molecule has 0 fully saturated rings. The Bertz CT molecular complexity index is 2050. The Morgan fingerprint density at radius 3 is 2.34 bits per heavy atom. The second kappa shape index (κ2) is 15.0. The number of carbonyl (C=O) groups excluding carboxylic acids is 1. The summed E-state index contributed by atoms with van der Waals surface area (Å²) in [5.74, 6) is 2.10. The lowest BCUT2D eigenvalue weighted by atomic mass is 9.96. The Morgan fingerprint density at radius 1 is 0.880 bits per heavy atom. The lowest BCUT2D eigenvalue weighted by Crippen LogP contribution is -2.41. The molecule has 0 aliphatic carbocycles. The monoisotopic (exact) mass is 704 g/mol. The first-order chi connectivity index (χ1) is 24.0. The number of rotatable bonds is 14. The van der Waals surface area contributed by atoms with Crippen LogP contribution in [0.15, 0.2) is 110 Å². The first-order valence-electron chi connectivity index (χ1n) is 16.8. The van der Waals surface area contributed by atoms with Crippen molar-refractivity contribution in [2.24, 2.45) is 0 Å². The van der Waals surface area contributed by atoms with Gasteiger partial charge in [0.2, 0.25) is 0 Å². The smallest absolute Gasteiger partial charge is 0.195 e. The van der Waals surface area contributed by atoms with Crippen LogP contribution in [-0.4, -0.2) is 44.0 Å². The van der Waals surface area contributed by atoms with Crippen molar-refractivity contribution in [2.75, 3.05) is 20.3 Å². The molecule has 0 unspecified atom stereocenters. The summed E-state index contributed by atoms with van der Waals surface area (Å²) >= 11 is 1.59. The van der Waals surface area contributed by atoms with E-state index in [4.69, 9.17) is 18.6 Å². The third-order valence-corrected chi connectivity index (χ3v) is 15.1. The molecule has 4 aromatic carbocycles. The summed E-state index contributed by atoms with van der Waals surface area (Å²) in [6, 6.07) is 29.7. The van der Waals surface area contributed by atoms with Gasteiger partial charge in [-0.1, -0.05) is 63.2 Å². The number of hydrogen-bond acceptors (Lipinski definition) is 7. The molecular formula is C41H44N2O5SSi. The molecule has 7 nitrogen and oxygen atoms in total. The zero-order chi connectivity index (χ0) is 35.3. The van der Waals surface area contributed by atoms with Crippen LogP contribution in [0.1, 0.15) is 47.8 Å². The number of aromatic nitrogens is 2. The molecule has 0 radical (unpaired) electrons. The first-order valence-corrected chi connectivity index (χ1v) is 20.5. The van der Waals surface area contributed by atoms with E-state index in [9.17, 15) is 4.79 Å². The molecule has 6 aromatic rings. The number of benzene rings is 4. The molecular weight excluding hydrogens is 661 g/mol. The summed E-state index contributed by atoms with van der Waals surface area (Å²) < 4.78 is 27.2. The van der Waals surface area contributed by atoms with Crippen molar-refractivity contribution in [1.29, 1.82) is 0 Å². The van der Waals surface area contributed by atoms with Crippen molar-refractivity contribution in [3.05, 3.63) is 132 Å². The quantitative estimate of drug-likeness (QED) is 0.0639. The largest absolute Gasteiger partial charge is 0.496 e. The average molecular weight is 705 g/mol. The molecule has 0 atom stereocenters. The van der Waals surface area contributed by atoms with Crippen LogP contribution in [0.25, 0.3) is 20.5 Å². The maximum absolute atomic E-state index is 14.5. The van der Waals surface area contributed by atoms with E-state index in [2.05, 4.69) is 38.8 Å². The van der Waals surface area contributed by atoms with Gasteiger partial charge in [0.05, 0.1) is 26.6 Å². The molecule has 9 heteroatoms. The molecule has 0 spiro atoms. The average Bonchev–Trinajstić information content (AvgIpc) is 3.77. The summed E-state index contributed by atoms with van der Waals surface area (Å²) in [5, 5.41) is 1.03. The van der Waals surface area contributed by atoms with Crippen LogP contribution in [0.5, 0.6) is 17.2 Å². The number of hydrogen-bond donors (Lipinski definition) is 0. The predicted molar refractivity (Wildman–Crippen MR) is 204 cm³/mol. The number of methoxy groups -OCH3 is 1. The fraction of sp³-hybridized carbons (Fsp3) is 0.268. The van der Waals surface area contributed by atoms with Crippen molar-refractivity contribution in [1.82, 2.24) is 9.55 Å². The van der Waals surface area contributed by atoms with E-state index < -0.39 is 8.32 Å². The number of imidazole rings is 1. The number of nitrogens with zero attached hydrogens (tertiary/aromatic N) is 2. The zero-order valence-electron chi connectivity index (χ0n) is 29.6. The Kier molecular flexibility index (Phi) is 10.6. The van der Waals surface area contributed by atoms with Gasteiger partial charge in [0.1, 0.15) is 30.5 Å². The molecule has 0 bridgehead atoms. The molecule has 0 N–H and O–H groups in total. The highest BCUT2D eigenvalue weighted by Crippen LogP contribution is 2.42. The van der Waals surface area contributed by atoms with Gasteiger partial charge in [0, 0.05) is 44.0 Å². The van der Waals surface area contributed by atoms with E-state index in [-0.39, 0.29) is 10.8 Å². The van der Waals surface area contributed by atoms with Crippen molar-refractivity contribution >= 4 is 35.5 Å². The van der Waals surface area contributed by atoms with Gasteiger partial charge in [-0.3, -0.25) is 4.79 Å². The second-order valence-corrected chi connectivity index (χ2v) is 19.7. The number of ether oxygens (including phenoxy) is 3. The van der Waals surface area contributed by atoms with E-state index in [1.165, 1.54) is 0 Å².